The maximum Gasteiger partial charge on any atom is 0.417 e. The Labute approximate surface area is 94.1 Å². The van der Waals surface area contributed by atoms with E-state index in [4.69, 9.17) is 5.73 Å². The third-order valence-corrected chi connectivity index (χ3v) is 2.03. The summed E-state index contributed by atoms with van der Waals surface area (Å²) in [5.41, 5.74) is 4.70. The van der Waals surface area contributed by atoms with Crippen LogP contribution in [0.3, 0.4) is 0 Å². The summed E-state index contributed by atoms with van der Waals surface area (Å²) >= 11 is 0. The van der Waals surface area contributed by atoms with Gasteiger partial charge in [-0.15, -0.1) is 5.10 Å². The van der Waals surface area contributed by atoms with Crippen LogP contribution >= 0.6 is 0 Å². The lowest BCUT2D eigenvalue weighted by molar-refractivity contribution is -0.137. The highest BCUT2D eigenvalue weighted by atomic mass is 19.4. The lowest BCUT2D eigenvalue weighted by atomic mass is 10.3. The molecule has 0 aliphatic heterocycles. The number of halogens is 3. The van der Waals surface area contributed by atoms with E-state index in [0.29, 0.717) is 5.82 Å². The van der Waals surface area contributed by atoms with Crippen molar-refractivity contribution in [2.45, 2.75) is 13.1 Å². The number of anilines is 1. The predicted molar refractivity (Wildman–Crippen MR) is 53.3 cm³/mol. The molecule has 2 aromatic rings. The van der Waals surface area contributed by atoms with Gasteiger partial charge in [0.2, 0.25) is 5.95 Å². The van der Waals surface area contributed by atoms with E-state index in [2.05, 4.69) is 15.1 Å². The fourth-order valence-electron chi connectivity index (χ4n) is 1.28. The Bertz CT molecular complexity index is 529. The zero-order chi connectivity index (χ0) is 12.6. The first-order valence-electron chi connectivity index (χ1n) is 4.60. The first-order valence-corrected chi connectivity index (χ1v) is 4.60. The maximum absolute atomic E-state index is 12.3. The van der Waals surface area contributed by atoms with Gasteiger partial charge in [-0.2, -0.15) is 22.8 Å². The summed E-state index contributed by atoms with van der Waals surface area (Å²) in [4.78, 5) is 7.48. The van der Waals surface area contributed by atoms with Crippen molar-refractivity contribution < 1.29 is 13.2 Å². The van der Waals surface area contributed by atoms with Crippen LogP contribution in [0.2, 0.25) is 0 Å². The molecule has 0 bridgehead atoms. The minimum Gasteiger partial charge on any atom is -0.368 e. The van der Waals surface area contributed by atoms with E-state index in [0.717, 1.165) is 12.3 Å². The van der Waals surface area contributed by atoms with Gasteiger partial charge in [0.15, 0.2) is 5.82 Å². The number of nitrogens with two attached hydrogens (primary N) is 1. The van der Waals surface area contributed by atoms with Crippen molar-refractivity contribution >= 4 is 5.95 Å². The van der Waals surface area contributed by atoms with Gasteiger partial charge in [0.25, 0.3) is 0 Å². The Hall–Kier alpha value is -2.12. The maximum atomic E-state index is 12.3. The Kier molecular flexibility index (Phi) is 2.49. The van der Waals surface area contributed by atoms with Gasteiger partial charge in [-0.1, -0.05) is 0 Å². The average molecular weight is 243 g/mol. The van der Waals surface area contributed by atoms with Crippen LogP contribution in [0.15, 0.2) is 18.3 Å². The van der Waals surface area contributed by atoms with Crippen LogP contribution in [0.4, 0.5) is 19.1 Å². The Morgan fingerprint density at radius 2 is 2.00 bits per heavy atom. The van der Waals surface area contributed by atoms with E-state index >= 15 is 0 Å². The second-order valence-electron chi connectivity index (χ2n) is 3.33. The molecule has 0 atom stereocenters. The quantitative estimate of drug-likeness (QED) is 0.825. The molecule has 0 aliphatic carbocycles. The van der Waals surface area contributed by atoms with Gasteiger partial charge >= 0.3 is 6.18 Å². The summed E-state index contributed by atoms with van der Waals surface area (Å²) in [6.45, 7) is 1.62. The summed E-state index contributed by atoms with van der Waals surface area (Å²) in [6, 6.07) is 2.10. The molecule has 8 heteroatoms. The van der Waals surface area contributed by atoms with Gasteiger partial charge in [-0.3, -0.25) is 0 Å². The van der Waals surface area contributed by atoms with Crippen LogP contribution in [0.25, 0.3) is 5.82 Å². The van der Waals surface area contributed by atoms with Crippen molar-refractivity contribution in [3.8, 4) is 5.82 Å². The van der Waals surface area contributed by atoms with Gasteiger partial charge < -0.3 is 5.73 Å². The number of nitrogens with zero attached hydrogens (tertiary/aromatic N) is 4. The number of nitrogen functional groups attached to an aromatic ring is 1. The van der Waals surface area contributed by atoms with Gasteiger partial charge in [-0.25, -0.2) is 4.98 Å². The normalized spacial score (nSPS) is 11.8. The Morgan fingerprint density at radius 3 is 2.41 bits per heavy atom. The average Bonchev–Trinajstić information content (AvgIpc) is 2.57. The molecule has 0 spiro atoms. The number of rotatable bonds is 1. The van der Waals surface area contributed by atoms with Crippen LogP contribution in [-0.2, 0) is 6.18 Å². The Morgan fingerprint density at radius 1 is 1.29 bits per heavy atom. The minimum absolute atomic E-state index is 0.0785. The largest absolute Gasteiger partial charge is 0.417 e. The monoisotopic (exact) mass is 243 g/mol. The second-order valence-corrected chi connectivity index (χ2v) is 3.33. The van der Waals surface area contributed by atoms with Gasteiger partial charge in [-0.05, 0) is 19.1 Å². The minimum atomic E-state index is -4.41. The van der Waals surface area contributed by atoms with Crippen LogP contribution in [0.5, 0.6) is 0 Å². The number of alkyl halides is 3. The van der Waals surface area contributed by atoms with E-state index in [-0.39, 0.29) is 11.8 Å². The van der Waals surface area contributed by atoms with Gasteiger partial charge in [0, 0.05) is 6.20 Å². The molecular formula is C9H8F3N5. The summed E-state index contributed by atoms with van der Waals surface area (Å²) in [7, 11) is 0. The van der Waals surface area contributed by atoms with Crippen molar-refractivity contribution in [1.82, 2.24) is 19.7 Å². The zero-order valence-corrected chi connectivity index (χ0v) is 8.73. The third-order valence-electron chi connectivity index (χ3n) is 2.03. The zero-order valence-electron chi connectivity index (χ0n) is 8.73. The summed E-state index contributed by atoms with van der Waals surface area (Å²) in [5.74, 6) is 0.690. The molecule has 0 aromatic carbocycles. The number of aryl methyl sites for hydroxylation is 1. The molecule has 0 radical (unpaired) electrons. The van der Waals surface area contributed by atoms with Crippen molar-refractivity contribution in [3.63, 3.8) is 0 Å². The first kappa shape index (κ1) is 11.4. The van der Waals surface area contributed by atoms with Gasteiger partial charge in [0.05, 0.1) is 5.56 Å². The molecule has 0 amide bonds. The first-order chi connectivity index (χ1) is 7.88. The van der Waals surface area contributed by atoms with Gasteiger partial charge in [0.1, 0.15) is 5.82 Å². The fourth-order valence-corrected chi connectivity index (χ4v) is 1.28. The standard InChI is InChI=1S/C9H8F3N5/c1-5-15-8(13)17(16-5)7-3-2-6(4-14-7)9(10,11)12/h2-4H,1H3,(H2,13,15,16). The lowest BCUT2D eigenvalue weighted by Gasteiger charge is -2.06. The molecule has 0 saturated heterocycles. The van der Waals surface area contributed by atoms with Crippen molar-refractivity contribution in [3.05, 3.63) is 29.7 Å². The molecule has 5 nitrogen and oxygen atoms in total. The number of hydrogen-bond donors (Lipinski definition) is 1. The number of aromatic nitrogens is 4. The van der Waals surface area contributed by atoms with Crippen LogP contribution in [-0.4, -0.2) is 19.7 Å². The Balaban J connectivity index is 2.39. The molecule has 90 valence electrons. The molecule has 2 heterocycles. The van der Waals surface area contributed by atoms with Crippen molar-refractivity contribution in [2.75, 3.05) is 5.73 Å². The van der Waals surface area contributed by atoms with E-state index in [1.54, 1.807) is 6.92 Å². The molecule has 0 aliphatic rings. The molecule has 17 heavy (non-hydrogen) atoms. The van der Waals surface area contributed by atoms with E-state index in [1.165, 1.54) is 10.7 Å². The highest BCUT2D eigenvalue weighted by Crippen LogP contribution is 2.28. The highest BCUT2D eigenvalue weighted by molar-refractivity contribution is 5.33. The predicted octanol–water partition coefficient (Wildman–Crippen LogP) is 1.57. The number of pyridine rings is 1. The molecule has 0 unspecified atom stereocenters. The molecular weight excluding hydrogens is 235 g/mol. The van der Waals surface area contributed by atoms with E-state index in [1.807, 2.05) is 0 Å². The smallest absolute Gasteiger partial charge is 0.368 e. The molecule has 2 aromatic heterocycles. The van der Waals surface area contributed by atoms with Crippen LogP contribution < -0.4 is 5.73 Å². The highest BCUT2D eigenvalue weighted by Gasteiger charge is 2.30. The summed E-state index contributed by atoms with van der Waals surface area (Å²) in [6.07, 6.45) is -3.68. The second kappa shape index (κ2) is 3.72. The van der Waals surface area contributed by atoms with Crippen molar-refractivity contribution in [1.29, 1.82) is 0 Å². The SMILES string of the molecule is Cc1nc(N)n(-c2ccc(C(F)(F)F)cn2)n1. The van der Waals surface area contributed by atoms with Crippen LogP contribution in [0.1, 0.15) is 11.4 Å². The lowest BCUT2D eigenvalue weighted by Crippen LogP contribution is -2.08. The van der Waals surface area contributed by atoms with E-state index in [9.17, 15) is 13.2 Å². The molecule has 0 saturated carbocycles. The van der Waals surface area contributed by atoms with Crippen molar-refractivity contribution in [2.24, 2.45) is 0 Å². The third kappa shape index (κ3) is 2.19. The van der Waals surface area contributed by atoms with E-state index < -0.39 is 11.7 Å². The summed E-state index contributed by atoms with van der Waals surface area (Å²) < 4.78 is 38.1. The fraction of sp³-hybridized carbons (Fsp3) is 0.222. The molecule has 0 fully saturated rings. The number of hydrogen-bond acceptors (Lipinski definition) is 4. The summed E-state index contributed by atoms with van der Waals surface area (Å²) in [5, 5.41) is 3.91. The molecule has 2 N–H and O–H groups in total. The topological polar surface area (TPSA) is 69.6 Å². The van der Waals surface area contributed by atoms with Crippen LogP contribution in [0, 0.1) is 6.92 Å². The molecule has 2 rings (SSSR count).